The fourth-order valence-corrected chi connectivity index (χ4v) is 5.82. The Labute approximate surface area is 159 Å². The van der Waals surface area contributed by atoms with Crippen LogP contribution >= 0.6 is 11.3 Å². The summed E-state index contributed by atoms with van der Waals surface area (Å²) in [4.78, 5) is 13.3. The van der Waals surface area contributed by atoms with Crippen molar-refractivity contribution in [3.8, 4) is 0 Å². The first-order valence-electron chi connectivity index (χ1n) is 8.77. The van der Waals surface area contributed by atoms with E-state index < -0.39 is 10.0 Å². The molecule has 2 atom stereocenters. The average Bonchev–Trinajstić information content (AvgIpc) is 3.07. The van der Waals surface area contributed by atoms with Crippen LogP contribution in [0.15, 0.2) is 46.7 Å². The van der Waals surface area contributed by atoms with E-state index in [1.165, 1.54) is 11.3 Å². The number of amides is 1. The van der Waals surface area contributed by atoms with Crippen LogP contribution in [0.25, 0.3) is 0 Å². The Morgan fingerprint density at radius 2 is 1.81 bits per heavy atom. The normalized spacial score (nSPS) is 21.5. The molecule has 0 saturated carbocycles. The smallest absolute Gasteiger partial charge is 0.243 e. The number of nitrogens with zero attached hydrogens (tertiary/aromatic N) is 1. The summed E-state index contributed by atoms with van der Waals surface area (Å²) in [5.41, 5.74) is 0.603. The maximum Gasteiger partial charge on any atom is 0.243 e. The summed E-state index contributed by atoms with van der Waals surface area (Å²) >= 11 is 1.54. The Morgan fingerprint density at radius 1 is 1.15 bits per heavy atom. The van der Waals surface area contributed by atoms with Gasteiger partial charge in [0.2, 0.25) is 15.9 Å². The van der Waals surface area contributed by atoms with Gasteiger partial charge in [0, 0.05) is 23.7 Å². The zero-order chi connectivity index (χ0) is 18.7. The third-order valence-electron chi connectivity index (χ3n) is 4.53. The second kappa shape index (κ2) is 7.90. The first-order chi connectivity index (χ1) is 12.3. The van der Waals surface area contributed by atoms with E-state index in [0.717, 1.165) is 11.3 Å². The van der Waals surface area contributed by atoms with Crippen molar-refractivity contribution in [2.75, 3.05) is 18.4 Å². The number of sulfonamides is 1. The molecule has 3 rings (SSSR count). The molecule has 2 unspecified atom stereocenters. The molecule has 5 nitrogen and oxygen atoms in total. The SMILES string of the molecule is CC1CC(C)CN(S(=O)(=O)c2ccc(NC(=O)Cc3cccs3)cc2)C1. The average molecular weight is 393 g/mol. The van der Waals surface area contributed by atoms with E-state index in [9.17, 15) is 13.2 Å². The second-order valence-electron chi connectivity index (χ2n) is 7.10. The molecule has 1 aliphatic heterocycles. The van der Waals surface area contributed by atoms with Gasteiger partial charge in [0.15, 0.2) is 0 Å². The minimum atomic E-state index is -3.49. The predicted octanol–water partition coefficient (Wildman–Crippen LogP) is 3.60. The molecule has 0 spiro atoms. The minimum absolute atomic E-state index is 0.110. The Morgan fingerprint density at radius 3 is 2.38 bits per heavy atom. The summed E-state index contributed by atoms with van der Waals surface area (Å²) in [6, 6.07) is 10.3. The standard InChI is InChI=1S/C19H24N2O3S2/c1-14-10-15(2)13-21(12-14)26(23,24)18-7-5-16(6-8-18)20-19(22)11-17-4-3-9-25-17/h3-9,14-15H,10-13H2,1-2H3,(H,20,22). The van der Waals surface area contributed by atoms with Crippen LogP contribution < -0.4 is 5.32 Å². The predicted molar refractivity (Wildman–Crippen MR) is 105 cm³/mol. The highest BCUT2D eigenvalue weighted by Gasteiger charge is 2.31. The zero-order valence-corrected chi connectivity index (χ0v) is 16.6. The van der Waals surface area contributed by atoms with E-state index in [0.29, 0.717) is 37.0 Å². The Bertz CT molecular complexity index is 835. The van der Waals surface area contributed by atoms with Crippen LogP contribution in [-0.4, -0.2) is 31.7 Å². The maximum atomic E-state index is 12.9. The lowest BCUT2D eigenvalue weighted by Crippen LogP contribution is -2.42. The number of thiophene rings is 1. The van der Waals surface area contributed by atoms with Crippen molar-refractivity contribution in [3.63, 3.8) is 0 Å². The van der Waals surface area contributed by atoms with Crippen LogP contribution in [0, 0.1) is 11.8 Å². The molecule has 1 amide bonds. The fourth-order valence-electron chi connectivity index (χ4n) is 3.44. The van der Waals surface area contributed by atoms with Gasteiger partial charge in [0.05, 0.1) is 11.3 Å². The number of rotatable bonds is 5. The number of piperidine rings is 1. The first kappa shape index (κ1) is 19.1. The third-order valence-corrected chi connectivity index (χ3v) is 7.25. The first-order valence-corrected chi connectivity index (χ1v) is 11.1. The van der Waals surface area contributed by atoms with Gasteiger partial charge in [-0.3, -0.25) is 4.79 Å². The maximum absolute atomic E-state index is 12.9. The Kier molecular flexibility index (Phi) is 5.79. The van der Waals surface area contributed by atoms with Crippen molar-refractivity contribution < 1.29 is 13.2 Å². The van der Waals surface area contributed by atoms with Gasteiger partial charge in [-0.05, 0) is 54.0 Å². The van der Waals surface area contributed by atoms with Gasteiger partial charge in [-0.25, -0.2) is 8.42 Å². The lowest BCUT2D eigenvalue weighted by atomic mass is 9.94. The monoisotopic (exact) mass is 392 g/mol. The summed E-state index contributed by atoms with van der Waals surface area (Å²) in [6.07, 6.45) is 1.38. The fraction of sp³-hybridized carbons (Fsp3) is 0.421. The van der Waals surface area contributed by atoms with Gasteiger partial charge in [-0.15, -0.1) is 11.3 Å². The molecule has 7 heteroatoms. The largest absolute Gasteiger partial charge is 0.326 e. The van der Waals surface area contributed by atoms with E-state index in [1.807, 2.05) is 17.5 Å². The van der Waals surface area contributed by atoms with Gasteiger partial charge in [0.25, 0.3) is 0 Å². The quantitative estimate of drug-likeness (QED) is 0.845. The van der Waals surface area contributed by atoms with Crippen molar-refractivity contribution in [2.45, 2.75) is 31.6 Å². The van der Waals surface area contributed by atoms with Gasteiger partial charge in [-0.2, -0.15) is 4.31 Å². The molecule has 2 heterocycles. The van der Waals surface area contributed by atoms with E-state index >= 15 is 0 Å². The molecular formula is C19H24N2O3S2. The molecule has 1 aromatic carbocycles. The molecule has 0 aliphatic carbocycles. The Balaban J connectivity index is 1.67. The number of hydrogen-bond donors (Lipinski definition) is 1. The van der Waals surface area contributed by atoms with Crippen LogP contribution in [0.5, 0.6) is 0 Å². The van der Waals surface area contributed by atoms with Crippen molar-refractivity contribution in [3.05, 3.63) is 46.7 Å². The lowest BCUT2D eigenvalue weighted by molar-refractivity contribution is -0.115. The van der Waals surface area contributed by atoms with Gasteiger partial charge in [0.1, 0.15) is 0 Å². The van der Waals surface area contributed by atoms with Gasteiger partial charge < -0.3 is 5.32 Å². The molecular weight excluding hydrogens is 368 g/mol. The molecule has 0 radical (unpaired) electrons. The number of anilines is 1. The van der Waals surface area contributed by atoms with Crippen molar-refractivity contribution in [2.24, 2.45) is 11.8 Å². The van der Waals surface area contributed by atoms with Crippen molar-refractivity contribution in [1.29, 1.82) is 0 Å². The number of benzene rings is 1. The highest BCUT2D eigenvalue weighted by atomic mass is 32.2. The number of hydrogen-bond acceptors (Lipinski definition) is 4. The van der Waals surface area contributed by atoms with Crippen LogP contribution in [0.2, 0.25) is 0 Å². The molecule has 1 saturated heterocycles. The van der Waals surface area contributed by atoms with Gasteiger partial charge >= 0.3 is 0 Å². The van der Waals surface area contributed by atoms with Crippen LogP contribution in [0.1, 0.15) is 25.1 Å². The van der Waals surface area contributed by atoms with Gasteiger partial charge in [-0.1, -0.05) is 19.9 Å². The zero-order valence-electron chi connectivity index (χ0n) is 15.0. The van der Waals surface area contributed by atoms with Crippen LogP contribution in [0.4, 0.5) is 5.69 Å². The molecule has 1 aliphatic rings. The highest BCUT2D eigenvalue weighted by Crippen LogP contribution is 2.27. The summed E-state index contributed by atoms with van der Waals surface area (Å²) in [6.45, 7) is 5.30. The topological polar surface area (TPSA) is 66.5 Å². The molecule has 1 N–H and O–H groups in total. The molecule has 1 aromatic heterocycles. The van der Waals surface area contributed by atoms with E-state index in [4.69, 9.17) is 0 Å². The molecule has 2 aromatic rings. The molecule has 1 fully saturated rings. The molecule has 26 heavy (non-hydrogen) atoms. The summed E-state index contributed by atoms with van der Waals surface area (Å²) in [5, 5.41) is 4.75. The molecule has 140 valence electrons. The Hall–Kier alpha value is -1.70. The highest BCUT2D eigenvalue weighted by molar-refractivity contribution is 7.89. The lowest BCUT2D eigenvalue weighted by Gasteiger charge is -2.34. The number of nitrogens with one attached hydrogen (secondary N) is 1. The molecule has 0 bridgehead atoms. The minimum Gasteiger partial charge on any atom is -0.326 e. The van der Waals surface area contributed by atoms with E-state index in [2.05, 4.69) is 19.2 Å². The second-order valence-corrected chi connectivity index (χ2v) is 10.1. The summed E-state index contributed by atoms with van der Waals surface area (Å²) < 4.78 is 27.3. The van der Waals surface area contributed by atoms with E-state index in [-0.39, 0.29) is 10.8 Å². The van der Waals surface area contributed by atoms with Crippen molar-refractivity contribution in [1.82, 2.24) is 4.31 Å². The summed E-state index contributed by atoms with van der Waals surface area (Å²) in [7, 11) is -3.49. The third kappa shape index (κ3) is 4.52. The summed E-state index contributed by atoms with van der Waals surface area (Å²) in [5.74, 6) is 0.621. The number of carbonyl (C=O) groups is 1. The van der Waals surface area contributed by atoms with Crippen LogP contribution in [-0.2, 0) is 21.2 Å². The van der Waals surface area contributed by atoms with Crippen molar-refractivity contribution >= 4 is 33.0 Å². The van der Waals surface area contributed by atoms with Crippen LogP contribution in [0.3, 0.4) is 0 Å². The number of carbonyl (C=O) groups excluding carboxylic acids is 1. The van der Waals surface area contributed by atoms with E-state index in [1.54, 1.807) is 28.6 Å².